The first-order chi connectivity index (χ1) is 14.7. The van der Waals surface area contributed by atoms with Crippen molar-refractivity contribution in [2.45, 2.75) is 44.6 Å². The number of Topliss-reactive ketones (excluding diaryl/α,β-unsaturated/α-hetero) is 2. The number of nitrogens with one attached hydrogen (secondary N) is 1. The second kappa shape index (κ2) is 7.84. The van der Waals surface area contributed by atoms with Gasteiger partial charge in [-0.1, -0.05) is 6.07 Å². The number of ketones is 2. The van der Waals surface area contributed by atoms with Crippen LogP contribution < -0.4 is 5.32 Å². The molecule has 31 heavy (non-hydrogen) atoms. The first-order valence-corrected chi connectivity index (χ1v) is 9.90. The van der Waals surface area contributed by atoms with Gasteiger partial charge >= 0.3 is 0 Å². The summed E-state index contributed by atoms with van der Waals surface area (Å²) in [7, 11) is 0. The summed E-state index contributed by atoms with van der Waals surface area (Å²) in [5, 5.41) is 2.38. The standard InChI is InChI=1S/C21H21F2N3O5/c1-10(2)26-16-9-31-8-15(16)25-7-13(18(27)19(28)17(25)21(26)30)20(29)24-6-11-3-4-12(22)5-14(11)23/h3-5,7,10,15-17H,6,8-9H2,1-2H3,(H,24,29)/t15-,16+,17?/m1/s1. The van der Waals surface area contributed by atoms with Gasteiger partial charge in [-0.15, -0.1) is 0 Å². The van der Waals surface area contributed by atoms with Crippen LogP contribution in [-0.2, 0) is 30.5 Å². The maximum absolute atomic E-state index is 13.8. The van der Waals surface area contributed by atoms with Crippen LogP contribution in [0.1, 0.15) is 19.4 Å². The minimum absolute atomic E-state index is 0.0211. The van der Waals surface area contributed by atoms with Crippen molar-refractivity contribution in [2.75, 3.05) is 13.2 Å². The van der Waals surface area contributed by atoms with Crippen molar-refractivity contribution in [3.05, 3.63) is 47.2 Å². The molecule has 0 bridgehead atoms. The largest absolute Gasteiger partial charge is 0.377 e. The molecule has 1 aromatic carbocycles. The molecular formula is C21H21F2N3O5. The Morgan fingerprint density at radius 2 is 1.90 bits per heavy atom. The van der Waals surface area contributed by atoms with Gasteiger partial charge in [0.25, 0.3) is 11.8 Å². The maximum Gasteiger partial charge on any atom is 0.257 e. The Labute approximate surface area is 176 Å². The quantitative estimate of drug-likeness (QED) is 0.417. The van der Waals surface area contributed by atoms with Crippen LogP contribution in [0.15, 0.2) is 30.0 Å². The van der Waals surface area contributed by atoms with E-state index < -0.39 is 46.6 Å². The van der Waals surface area contributed by atoms with Gasteiger partial charge in [-0.2, -0.15) is 0 Å². The normalized spacial score (nSPS) is 25.5. The van der Waals surface area contributed by atoms with Crippen LogP contribution >= 0.6 is 0 Å². The molecule has 0 aliphatic carbocycles. The predicted molar refractivity (Wildman–Crippen MR) is 102 cm³/mol. The van der Waals surface area contributed by atoms with Gasteiger partial charge in [0.05, 0.1) is 25.3 Å². The van der Waals surface area contributed by atoms with Gasteiger partial charge in [-0.25, -0.2) is 8.78 Å². The third kappa shape index (κ3) is 3.50. The first kappa shape index (κ1) is 21.1. The Kier molecular flexibility index (Phi) is 5.34. The Morgan fingerprint density at radius 3 is 2.58 bits per heavy atom. The van der Waals surface area contributed by atoms with Crippen molar-refractivity contribution in [1.82, 2.24) is 15.1 Å². The number of benzene rings is 1. The number of hydrogen-bond donors (Lipinski definition) is 1. The van der Waals surface area contributed by atoms with Gasteiger partial charge in [-0.05, 0) is 19.9 Å². The molecule has 2 amide bonds. The fraction of sp³-hybridized carbons (Fsp3) is 0.429. The monoisotopic (exact) mass is 433 g/mol. The van der Waals surface area contributed by atoms with Crippen molar-refractivity contribution in [2.24, 2.45) is 0 Å². The number of ether oxygens (including phenoxy) is 1. The number of amides is 2. The highest BCUT2D eigenvalue weighted by Gasteiger charge is 2.55. The summed E-state index contributed by atoms with van der Waals surface area (Å²) in [6.07, 6.45) is 1.23. The van der Waals surface area contributed by atoms with Gasteiger partial charge in [0.2, 0.25) is 11.6 Å². The maximum atomic E-state index is 13.8. The zero-order valence-electron chi connectivity index (χ0n) is 16.9. The minimum Gasteiger partial charge on any atom is -0.377 e. The number of hydrogen-bond acceptors (Lipinski definition) is 6. The van der Waals surface area contributed by atoms with E-state index in [0.717, 1.165) is 6.07 Å². The molecule has 0 spiro atoms. The zero-order chi connectivity index (χ0) is 22.4. The fourth-order valence-electron chi connectivity index (χ4n) is 4.32. The van der Waals surface area contributed by atoms with E-state index in [1.165, 1.54) is 17.2 Å². The highest BCUT2D eigenvalue weighted by molar-refractivity contribution is 6.54. The summed E-state index contributed by atoms with van der Waals surface area (Å²) in [6.45, 7) is 3.87. The predicted octanol–water partition coefficient (Wildman–Crippen LogP) is 0.305. The van der Waals surface area contributed by atoms with Crippen LogP contribution in [0.3, 0.4) is 0 Å². The van der Waals surface area contributed by atoms with Gasteiger partial charge in [-0.3, -0.25) is 19.2 Å². The number of nitrogens with zero attached hydrogens (tertiary/aromatic N) is 2. The lowest BCUT2D eigenvalue weighted by Gasteiger charge is -2.49. The SMILES string of the molecule is CC(C)N1C(=O)C2C(=O)C(=O)C(C(=O)NCc3ccc(F)cc3F)=CN2[C@@H]2COC[C@@H]21. The average Bonchev–Trinajstić information content (AvgIpc) is 3.18. The van der Waals surface area contributed by atoms with Crippen molar-refractivity contribution in [3.8, 4) is 0 Å². The van der Waals surface area contributed by atoms with E-state index in [4.69, 9.17) is 4.74 Å². The molecule has 4 rings (SSSR count). The van der Waals surface area contributed by atoms with E-state index in [2.05, 4.69) is 5.32 Å². The van der Waals surface area contributed by atoms with E-state index in [-0.39, 0.29) is 36.8 Å². The Balaban J connectivity index is 1.60. The summed E-state index contributed by atoms with van der Waals surface area (Å²) in [6, 6.07) is 0.700. The van der Waals surface area contributed by atoms with Crippen molar-refractivity contribution in [1.29, 1.82) is 0 Å². The summed E-state index contributed by atoms with van der Waals surface area (Å²) >= 11 is 0. The average molecular weight is 433 g/mol. The molecular weight excluding hydrogens is 412 g/mol. The summed E-state index contributed by atoms with van der Waals surface area (Å²) in [5.74, 6) is -5.04. The van der Waals surface area contributed by atoms with Crippen LogP contribution in [-0.4, -0.2) is 70.6 Å². The molecule has 2 saturated heterocycles. The van der Waals surface area contributed by atoms with E-state index in [0.29, 0.717) is 12.7 Å². The molecule has 164 valence electrons. The van der Waals surface area contributed by atoms with Crippen LogP contribution in [0.2, 0.25) is 0 Å². The molecule has 1 unspecified atom stereocenters. The smallest absolute Gasteiger partial charge is 0.257 e. The van der Waals surface area contributed by atoms with E-state index in [1.807, 2.05) is 13.8 Å². The first-order valence-electron chi connectivity index (χ1n) is 9.90. The van der Waals surface area contributed by atoms with Gasteiger partial charge in [0.15, 0.2) is 6.04 Å². The lowest BCUT2D eigenvalue weighted by molar-refractivity contribution is -0.157. The third-order valence-electron chi connectivity index (χ3n) is 5.80. The highest BCUT2D eigenvalue weighted by atomic mass is 19.1. The molecule has 10 heteroatoms. The fourth-order valence-corrected chi connectivity index (χ4v) is 4.32. The molecule has 3 atom stereocenters. The lowest BCUT2D eigenvalue weighted by atomic mass is 9.89. The molecule has 0 aromatic heterocycles. The number of fused-ring (bicyclic) bond motifs is 3. The van der Waals surface area contributed by atoms with E-state index >= 15 is 0 Å². The molecule has 0 radical (unpaired) electrons. The number of piperazine rings is 1. The van der Waals surface area contributed by atoms with Gasteiger partial charge < -0.3 is 19.9 Å². The molecule has 1 N–H and O–H groups in total. The van der Waals surface area contributed by atoms with Crippen LogP contribution in [0, 0.1) is 11.6 Å². The second-order valence-corrected chi connectivity index (χ2v) is 8.02. The molecule has 2 fully saturated rings. The van der Waals surface area contributed by atoms with Crippen molar-refractivity contribution in [3.63, 3.8) is 0 Å². The zero-order valence-corrected chi connectivity index (χ0v) is 16.9. The Morgan fingerprint density at radius 1 is 1.19 bits per heavy atom. The topological polar surface area (TPSA) is 96.0 Å². The Hall–Kier alpha value is -3.14. The summed E-state index contributed by atoms with van der Waals surface area (Å²) in [5.41, 5.74) is -0.409. The summed E-state index contributed by atoms with van der Waals surface area (Å²) < 4.78 is 32.4. The van der Waals surface area contributed by atoms with E-state index in [1.54, 1.807) is 4.90 Å². The number of halogens is 2. The molecule has 1 aromatic rings. The summed E-state index contributed by atoms with van der Waals surface area (Å²) in [4.78, 5) is 54.1. The van der Waals surface area contributed by atoms with Crippen LogP contribution in [0.25, 0.3) is 0 Å². The van der Waals surface area contributed by atoms with Gasteiger partial charge in [0.1, 0.15) is 17.2 Å². The van der Waals surface area contributed by atoms with Crippen LogP contribution in [0.4, 0.5) is 8.78 Å². The molecule has 3 aliphatic rings. The second-order valence-electron chi connectivity index (χ2n) is 8.02. The molecule has 3 aliphatic heterocycles. The van der Waals surface area contributed by atoms with Crippen molar-refractivity contribution >= 4 is 23.4 Å². The number of carbonyl (C=O) groups is 4. The number of carbonyl (C=O) groups excluding carboxylic acids is 4. The molecule has 3 heterocycles. The van der Waals surface area contributed by atoms with Crippen LogP contribution in [0.5, 0.6) is 0 Å². The van der Waals surface area contributed by atoms with Gasteiger partial charge in [0, 0.05) is 30.4 Å². The highest BCUT2D eigenvalue weighted by Crippen LogP contribution is 2.33. The molecule has 0 saturated carbocycles. The molecule has 8 nitrogen and oxygen atoms in total. The van der Waals surface area contributed by atoms with Crippen molar-refractivity contribution < 1.29 is 32.7 Å². The Bertz CT molecular complexity index is 1010. The minimum atomic E-state index is -1.33. The van der Waals surface area contributed by atoms with E-state index in [9.17, 15) is 28.0 Å². The third-order valence-corrected chi connectivity index (χ3v) is 5.80. The number of rotatable bonds is 4. The lowest BCUT2D eigenvalue weighted by Crippen LogP contribution is -2.70.